The molecule has 2 heterocycles. The number of guanidine groups is 1. The molecule has 2 rings (SSSR count). The van der Waals surface area contributed by atoms with Crippen molar-refractivity contribution >= 4 is 29.9 Å². The lowest BCUT2D eigenvalue weighted by Crippen LogP contribution is -2.57. The lowest BCUT2D eigenvalue weighted by Gasteiger charge is -2.41. The molecule has 0 aliphatic carbocycles. The molecular weight excluding hydrogens is 441 g/mol. The molecule has 2 atom stereocenters. The van der Waals surface area contributed by atoms with E-state index >= 15 is 0 Å². The van der Waals surface area contributed by atoms with Gasteiger partial charge in [-0.3, -0.25) is 14.8 Å². The van der Waals surface area contributed by atoms with Gasteiger partial charge < -0.3 is 15.4 Å². The quantitative estimate of drug-likeness (QED) is 0.346. The molecule has 0 aromatic heterocycles. The van der Waals surface area contributed by atoms with E-state index in [-0.39, 0.29) is 29.5 Å². The van der Waals surface area contributed by atoms with E-state index in [2.05, 4.69) is 53.1 Å². The van der Waals surface area contributed by atoms with Gasteiger partial charge in [0.2, 0.25) is 0 Å². The summed E-state index contributed by atoms with van der Waals surface area (Å²) in [5.74, 6) is 0.901. The number of halogens is 1. The van der Waals surface area contributed by atoms with Crippen LogP contribution in [0.15, 0.2) is 4.99 Å². The van der Waals surface area contributed by atoms with Crippen LogP contribution < -0.4 is 10.6 Å². The largest absolute Gasteiger partial charge is 0.379 e. The molecule has 0 aromatic carbocycles. The maximum Gasteiger partial charge on any atom is 0.191 e. The Kier molecular flexibility index (Phi) is 10.7. The smallest absolute Gasteiger partial charge is 0.191 e. The highest BCUT2D eigenvalue weighted by Crippen LogP contribution is 2.18. The Balaban J connectivity index is 0.00000338. The first-order valence-corrected chi connectivity index (χ1v) is 9.97. The summed E-state index contributed by atoms with van der Waals surface area (Å²) in [6.07, 6.45) is 4.03. The fraction of sp³-hybridized carbons (Fsp3) is 0.947. The number of hydrogen-bond acceptors (Lipinski definition) is 4. The van der Waals surface area contributed by atoms with Gasteiger partial charge in [-0.2, -0.15) is 0 Å². The number of nitrogens with zero attached hydrogens (tertiary/aromatic N) is 3. The van der Waals surface area contributed by atoms with Crippen LogP contribution in [0.25, 0.3) is 0 Å². The number of ether oxygens (including phenoxy) is 1. The Labute approximate surface area is 177 Å². The average molecular weight is 481 g/mol. The molecule has 2 N–H and O–H groups in total. The number of nitrogens with one attached hydrogen (secondary N) is 2. The van der Waals surface area contributed by atoms with Crippen LogP contribution in [-0.4, -0.2) is 86.4 Å². The first kappa shape index (κ1) is 23.9. The fourth-order valence-electron chi connectivity index (χ4n) is 3.94. The number of aliphatic imine (C=N–C) groups is 1. The molecule has 7 heteroatoms. The molecule has 2 unspecified atom stereocenters. The molecular formula is C19H40IN5O. The predicted molar refractivity (Wildman–Crippen MR) is 121 cm³/mol. The summed E-state index contributed by atoms with van der Waals surface area (Å²) in [4.78, 5) is 9.53. The monoisotopic (exact) mass is 481 g/mol. The van der Waals surface area contributed by atoms with Crippen LogP contribution in [-0.2, 0) is 4.74 Å². The van der Waals surface area contributed by atoms with E-state index < -0.39 is 0 Å². The summed E-state index contributed by atoms with van der Waals surface area (Å²) in [6.45, 7) is 16.0. The molecule has 6 nitrogen and oxygen atoms in total. The lowest BCUT2D eigenvalue weighted by molar-refractivity contribution is -0.00834. The highest BCUT2D eigenvalue weighted by molar-refractivity contribution is 14.0. The van der Waals surface area contributed by atoms with Crippen molar-refractivity contribution in [2.75, 3.05) is 53.0 Å². The molecule has 0 radical (unpaired) electrons. The van der Waals surface area contributed by atoms with E-state index in [1.165, 1.54) is 25.8 Å². The maximum atomic E-state index is 5.47. The molecule has 2 fully saturated rings. The maximum absolute atomic E-state index is 5.47. The van der Waals surface area contributed by atoms with Gasteiger partial charge in [-0.15, -0.1) is 24.0 Å². The summed E-state index contributed by atoms with van der Waals surface area (Å²) < 4.78 is 5.47. The zero-order chi connectivity index (χ0) is 18.3. The third kappa shape index (κ3) is 7.13. The third-order valence-corrected chi connectivity index (χ3v) is 5.76. The van der Waals surface area contributed by atoms with Crippen molar-refractivity contribution in [1.29, 1.82) is 0 Å². The summed E-state index contributed by atoms with van der Waals surface area (Å²) in [7, 11) is 1.85. The topological polar surface area (TPSA) is 52.1 Å². The Bertz CT molecular complexity index is 426. The highest BCUT2D eigenvalue weighted by Gasteiger charge is 2.28. The Morgan fingerprint density at radius 3 is 2.50 bits per heavy atom. The number of likely N-dealkylation sites (tertiary alicyclic amines) is 1. The average Bonchev–Trinajstić information content (AvgIpc) is 2.62. The summed E-state index contributed by atoms with van der Waals surface area (Å²) in [5, 5.41) is 7.03. The molecule has 26 heavy (non-hydrogen) atoms. The Hall–Kier alpha value is -0.120. The van der Waals surface area contributed by atoms with Gasteiger partial charge >= 0.3 is 0 Å². The number of morpholine rings is 1. The predicted octanol–water partition coefficient (Wildman–Crippen LogP) is 2.14. The van der Waals surface area contributed by atoms with E-state index in [0.717, 1.165) is 45.4 Å². The SMILES string of the molecule is CN=C(NCC(C)N1CCCCC1C)NCC(C)(C)N1CCOCC1.I. The minimum Gasteiger partial charge on any atom is -0.379 e. The highest BCUT2D eigenvalue weighted by atomic mass is 127. The van der Waals surface area contributed by atoms with Crippen molar-refractivity contribution in [3.05, 3.63) is 0 Å². The van der Waals surface area contributed by atoms with Gasteiger partial charge in [-0.1, -0.05) is 6.42 Å². The fourth-order valence-corrected chi connectivity index (χ4v) is 3.94. The van der Waals surface area contributed by atoms with Gasteiger partial charge in [0.15, 0.2) is 5.96 Å². The van der Waals surface area contributed by atoms with Gasteiger partial charge in [-0.25, -0.2) is 0 Å². The Morgan fingerprint density at radius 1 is 1.19 bits per heavy atom. The minimum atomic E-state index is 0. The second-order valence-electron chi connectivity index (χ2n) is 8.15. The van der Waals surface area contributed by atoms with E-state index in [4.69, 9.17) is 4.74 Å². The van der Waals surface area contributed by atoms with Crippen molar-refractivity contribution < 1.29 is 4.74 Å². The lowest BCUT2D eigenvalue weighted by atomic mass is 10.0. The molecule has 2 saturated heterocycles. The van der Waals surface area contributed by atoms with Crippen molar-refractivity contribution in [1.82, 2.24) is 20.4 Å². The Morgan fingerprint density at radius 2 is 1.88 bits per heavy atom. The summed E-state index contributed by atoms with van der Waals surface area (Å²) >= 11 is 0. The van der Waals surface area contributed by atoms with Crippen LogP contribution in [0.4, 0.5) is 0 Å². The van der Waals surface area contributed by atoms with Gasteiger partial charge in [0.1, 0.15) is 0 Å². The molecule has 154 valence electrons. The van der Waals surface area contributed by atoms with Gasteiger partial charge in [0.05, 0.1) is 13.2 Å². The van der Waals surface area contributed by atoms with Gasteiger partial charge in [0, 0.05) is 50.8 Å². The van der Waals surface area contributed by atoms with Crippen molar-refractivity contribution in [2.24, 2.45) is 4.99 Å². The number of piperidine rings is 1. The van der Waals surface area contributed by atoms with E-state index in [1.807, 2.05) is 7.05 Å². The second-order valence-corrected chi connectivity index (χ2v) is 8.15. The second kappa shape index (κ2) is 11.7. The van der Waals surface area contributed by atoms with E-state index in [9.17, 15) is 0 Å². The van der Waals surface area contributed by atoms with Crippen LogP contribution in [0, 0.1) is 0 Å². The summed E-state index contributed by atoms with van der Waals surface area (Å²) in [5.41, 5.74) is 0.0917. The van der Waals surface area contributed by atoms with Crippen LogP contribution in [0.1, 0.15) is 47.0 Å². The zero-order valence-corrected chi connectivity index (χ0v) is 19.7. The van der Waals surface area contributed by atoms with Gasteiger partial charge in [-0.05, 0) is 47.1 Å². The van der Waals surface area contributed by atoms with Crippen molar-refractivity contribution in [3.63, 3.8) is 0 Å². The molecule has 0 saturated carbocycles. The molecule has 2 aliphatic rings. The van der Waals surface area contributed by atoms with Crippen molar-refractivity contribution in [3.8, 4) is 0 Å². The molecule has 0 bridgehead atoms. The van der Waals surface area contributed by atoms with Crippen molar-refractivity contribution in [2.45, 2.75) is 64.6 Å². The molecule has 2 aliphatic heterocycles. The third-order valence-electron chi connectivity index (χ3n) is 5.76. The van der Waals surface area contributed by atoms with E-state index in [0.29, 0.717) is 12.1 Å². The van der Waals surface area contributed by atoms with Gasteiger partial charge in [0.25, 0.3) is 0 Å². The first-order valence-electron chi connectivity index (χ1n) is 9.97. The first-order chi connectivity index (χ1) is 11.9. The van der Waals surface area contributed by atoms with Crippen LogP contribution in [0.5, 0.6) is 0 Å². The zero-order valence-electron chi connectivity index (χ0n) is 17.4. The van der Waals surface area contributed by atoms with Crippen LogP contribution in [0.3, 0.4) is 0 Å². The molecule has 0 spiro atoms. The van der Waals surface area contributed by atoms with Crippen LogP contribution in [0.2, 0.25) is 0 Å². The number of hydrogen-bond donors (Lipinski definition) is 2. The molecule has 0 amide bonds. The number of rotatable bonds is 6. The standard InChI is InChI=1S/C19H39N5O.HI/c1-16-8-6-7-9-24(16)17(2)14-21-18(20-5)22-15-19(3,4)23-10-12-25-13-11-23;/h16-17H,6-15H2,1-5H3,(H2,20,21,22);1H. The van der Waals surface area contributed by atoms with Crippen LogP contribution >= 0.6 is 24.0 Å². The minimum absolute atomic E-state index is 0. The summed E-state index contributed by atoms with van der Waals surface area (Å²) in [6, 6.07) is 1.22. The van der Waals surface area contributed by atoms with E-state index in [1.54, 1.807) is 0 Å². The molecule has 0 aromatic rings. The normalized spacial score (nSPS) is 24.7.